The van der Waals surface area contributed by atoms with E-state index in [9.17, 15) is 8.60 Å². The lowest BCUT2D eigenvalue weighted by Crippen LogP contribution is -2.11. The lowest BCUT2D eigenvalue weighted by atomic mass is 10.3. The van der Waals surface area contributed by atoms with Gasteiger partial charge in [-0.25, -0.2) is 4.39 Å². The van der Waals surface area contributed by atoms with Crippen LogP contribution < -0.4 is 4.74 Å². The molecule has 0 heterocycles. The molecule has 1 atom stereocenters. The van der Waals surface area contributed by atoms with Crippen LogP contribution in [0.2, 0.25) is 0 Å². The van der Waals surface area contributed by atoms with Gasteiger partial charge in [-0.2, -0.15) is 0 Å². The van der Waals surface area contributed by atoms with E-state index in [1.54, 1.807) is 18.2 Å². The van der Waals surface area contributed by atoms with Crippen LogP contribution in [0.25, 0.3) is 0 Å². The molecule has 0 amide bonds. The molecule has 0 saturated carbocycles. The second-order valence-corrected chi connectivity index (χ2v) is 5.53. The van der Waals surface area contributed by atoms with Crippen LogP contribution in [0, 0.1) is 5.82 Å². The molecule has 0 N–H and O–H groups in total. The molecule has 1 rings (SSSR count). The zero-order valence-corrected chi connectivity index (χ0v) is 11.0. The Balaban J connectivity index is 2.19. The predicted octanol–water partition coefficient (Wildman–Crippen LogP) is 3.14. The van der Waals surface area contributed by atoms with Crippen molar-refractivity contribution in [1.82, 2.24) is 0 Å². The van der Waals surface area contributed by atoms with Gasteiger partial charge in [0, 0.05) is 16.6 Å². The maximum atomic E-state index is 13.2. The standard InChI is InChI=1S/C13H19FO2S/c1-2-3-6-10-17(15)11-9-16-13-8-5-4-7-12(13)14/h4-5,7-8H,2-3,6,9-11H2,1H3. The van der Waals surface area contributed by atoms with E-state index < -0.39 is 10.8 Å². The Morgan fingerprint density at radius 3 is 2.71 bits per heavy atom. The van der Waals surface area contributed by atoms with Gasteiger partial charge in [0.25, 0.3) is 0 Å². The number of unbranched alkanes of at least 4 members (excludes halogenated alkanes) is 2. The van der Waals surface area contributed by atoms with E-state index in [2.05, 4.69) is 6.92 Å². The van der Waals surface area contributed by atoms with Gasteiger partial charge in [-0.05, 0) is 18.6 Å². The molecule has 0 spiro atoms. The average molecular weight is 258 g/mol. The van der Waals surface area contributed by atoms with Crippen LogP contribution in [-0.4, -0.2) is 22.3 Å². The van der Waals surface area contributed by atoms with Crippen LogP contribution in [0.1, 0.15) is 26.2 Å². The molecule has 96 valence electrons. The third-order valence-corrected chi connectivity index (χ3v) is 3.75. The number of benzene rings is 1. The fourth-order valence-electron chi connectivity index (χ4n) is 1.42. The van der Waals surface area contributed by atoms with Crippen molar-refractivity contribution in [1.29, 1.82) is 0 Å². The van der Waals surface area contributed by atoms with E-state index in [4.69, 9.17) is 4.74 Å². The first-order chi connectivity index (χ1) is 8.24. The zero-order valence-electron chi connectivity index (χ0n) is 10.2. The summed E-state index contributed by atoms with van der Waals surface area (Å²) in [7, 11) is -0.849. The maximum Gasteiger partial charge on any atom is 0.165 e. The van der Waals surface area contributed by atoms with E-state index in [0.29, 0.717) is 18.1 Å². The van der Waals surface area contributed by atoms with Crippen molar-refractivity contribution in [3.63, 3.8) is 0 Å². The number of hydrogen-bond donors (Lipinski definition) is 0. The summed E-state index contributed by atoms with van der Waals surface area (Å²) in [4.78, 5) is 0. The lowest BCUT2D eigenvalue weighted by Gasteiger charge is -2.06. The van der Waals surface area contributed by atoms with Gasteiger partial charge in [0.2, 0.25) is 0 Å². The Bertz CT molecular complexity index is 355. The van der Waals surface area contributed by atoms with Crippen LogP contribution in [0.15, 0.2) is 24.3 Å². The summed E-state index contributed by atoms with van der Waals surface area (Å²) in [5.41, 5.74) is 0. The summed E-state index contributed by atoms with van der Waals surface area (Å²) in [6.07, 6.45) is 3.23. The molecule has 0 saturated heterocycles. The topological polar surface area (TPSA) is 26.3 Å². The van der Waals surface area contributed by atoms with Crippen molar-refractivity contribution in [3.8, 4) is 5.75 Å². The van der Waals surface area contributed by atoms with Gasteiger partial charge in [0.1, 0.15) is 0 Å². The fraction of sp³-hybridized carbons (Fsp3) is 0.538. The second-order valence-electron chi connectivity index (χ2n) is 3.83. The van der Waals surface area contributed by atoms with Gasteiger partial charge in [-0.1, -0.05) is 31.9 Å². The molecular formula is C13H19FO2S. The molecule has 1 unspecified atom stereocenters. The Morgan fingerprint density at radius 2 is 2.00 bits per heavy atom. The number of para-hydroxylation sites is 1. The molecule has 1 aromatic carbocycles. The van der Waals surface area contributed by atoms with E-state index >= 15 is 0 Å². The molecule has 0 aliphatic heterocycles. The highest BCUT2D eigenvalue weighted by molar-refractivity contribution is 7.84. The summed E-state index contributed by atoms with van der Waals surface area (Å²) < 4.78 is 29.9. The SMILES string of the molecule is CCCCCS(=O)CCOc1ccccc1F. The fourth-order valence-corrected chi connectivity index (χ4v) is 2.42. The van der Waals surface area contributed by atoms with E-state index in [-0.39, 0.29) is 11.6 Å². The summed E-state index contributed by atoms with van der Waals surface area (Å²) in [5.74, 6) is 1.05. The molecule has 0 fully saturated rings. The smallest absolute Gasteiger partial charge is 0.165 e. The third-order valence-electron chi connectivity index (χ3n) is 2.38. The molecular weight excluding hydrogens is 239 g/mol. The van der Waals surface area contributed by atoms with Crippen LogP contribution in [0.5, 0.6) is 5.75 Å². The third kappa shape index (κ3) is 5.82. The zero-order chi connectivity index (χ0) is 12.5. The van der Waals surface area contributed by atoms with Crippen molar-refractivity contribution < 1.29 is 13.3 Å². The number of halogens is 1. The maximum absolute atomic E-state index is 13.2. The van der Waals surface area contributed by atoms with Crippen LogP contribution in [0.3, 0.4) is 0 Å². The van der Waals surface area contributed by atoms with Crippen molar-refractivity contribution in [2.75, 3.05) is 18.1 Å². The largest absolute Gasteiger partial charge is 0.490 e. The number of rotatable bonds is 8. The highest BCUT2D eigenvalue weighted by Crippen LogP contribution is 2.15. The Hall–Kier alpha value is -0.900. The van der Waals surface area contributed by atoms with Crippen molar-refractivity contribution in [2.45, 2.75) is 26.2 Å². The summed E-state index contributed by atoms with van der Waals surface area (Å²) in [5, 5.41) is 0. The van der Waals surface area contributed by atoms with Gasteiger partial charge >= 0.3 is 0 Å². The van der Waals surface area contributed by atoms with Crippen molar-refractivity contribution >= 4 is 10.8 Å². The minimum absolute atomic E-state index is 0.234. The predicted molar refractivity (Wildman–Crippen MR) is 69.3 cm³/mol. The average Bonchev–Trinajstić information content (AvgIpc) is 2.32. The van der Waals surface area contributed by atoms with Crippen LogP contribution >= 0.6 is 0 Å². The molecule has 2 nitrogen and oxygen atoms in total. The first-order valence-corrected chi connectivity index (χ1v) is 7.45. The van der Waals surface area contributed by atoms with Gasteiger partial charge in [-0.3, -0.25) is 4.21 Å². The van der Waals surface area contributed by atoms with E-state index in [0.717, 1.165) is 19.3 Å². The molecule has 0 radical (unpaired) electrons. The first-order valence-electron chi connectivity index (χ1n) is 5.96. The molecule has 0 bridgehead atoms. The van der Waals surface area contributed by atoms with Gasteiger partial charge < -0.3 is 4.74 Å². The van der Waals surface area contributed by atoms with Gasteiger partial charge in [0.15, 0.2) is 11.6 Å². The van der Waals surface area contributed by atoms with Crippen LogP contribution in [-0.2, 0) is 10.8 Å². The van der Waals surface area contributed by atoms with Gasteiger partial charge in [0.05, 0.1) is 12.4 Å². The lowest BCUT2D eigenvalue weighted by molar-refractivity contribution is 0.324. The minimum Gasteiger partial charge on any atom is -0.490 e. The van der Waals surface area contributed by atoms with Crippen molar-refractivity contribution in [3.05, 3.63) is 30.1 Å². The molecule has 0 aromatic heterocycles. The first kappa shape index (κ1) is 14.2. The summed E-state index contributed by atoms with van der Waals surface area (Å²) >= 11 is 0. The van der Waals surface area contributed by atoms with E-state index in [1.165, 1.54) is 6.07 Å². The second kappa shape index (κ2) is 8.23. The van der Waals surface area contributed by atoms with Gasteiger partial charge in [-0.15, -0.1) is 0 Å². The molecule has 1 aromatic rings. The number of ether oxygens (including phenoxy) is 1. The monoisotopic (exact) mass is 258 g/mol. The normalized spacial score (nSPS) is 12.4. The number of hydrogen-bond acceptors (Lipinski definition) is 2. The van der Waals surface area contributed by atoms with E-state index in [1.807, 2.05) is 0 Å². The molecule has 4 heteroatoms. The minimum atomic E-state index is -0.849. The molecule has 0 aliphatic carbocycles. The Morgan fingerprint density at radius 1 is 1.24 bits per heavy atom. The van der Waals surface area contributed by atoms with Crippen molar-refractivity contribution in [2.24, 2.45) is 0 Å². The quantitative estimate of drug-likeness (QED) is 0.670. The summed E-state index contributed by atoms with van der Waals surface area (Å²) in [6.45, 7) is 2.42. The summed E-state index contributed by atoms with van der Waals surface area (Å²) in [6, 6.07) is 6.27. The molecule has 0 aliphatic rings. The van der Waals surface area contributed by atoms with Crippen LogP contribution in [0.4, 0.5) is 4.39 Å². The molecule has 17 heavy (non-hydrogen) atoms. The highest BCUT2D eigenvalue weighted by Gasteiger charge is 2.03. The highest BCUT2D eigenvalue weighted by atomic mass is 32.2. The Labute approximate surface area is 105 Å². The Kier molecular flexibility index (Phi) is 6.86.